The Kier molecular flexibility index (Phi) is 4.36. The maximum absolute atomic E-state index is 12.1. The lowest BCUT2D eigenvalue weighted by Crippen LogP contribution is -2.14. The van der Waals surface area contributed by atoms with Crippen LogP contribution in [0.3, 0.4) is 0 Å². The van der Waals surface area contributed by atoms with Crippen LogP contribution in [0.2, 0.25) is 10.3 Å². The number of carbonyl (C=O) groups is 1. The Morgan fingerprint density at radius 1 is 1.17 bits per heavy atom. The largest absolute Gasteiger partial charge is 0.317 e. The number of carbonyl (C=O) groups excluding carboxylic acids is 1. The molecule has 2 rings (SSSR count). The van der Waals surface area contributed by atoms with Crippen LogP contribution < -0.4 is 5.32 Å². The van der Waals surface area contributed by atoms with Gasteiger partial charge in [-0.05, 0) is 34.7 Å². The van der Waals surface area contributed by atoms with Crippen LogP contribution >= 0.6 is 45.8 Å². The Bertz CT molecular complexity index is 586. The molecule has 0 atom stereocenters. The lowest BCUT2D eigenvalue weighted by molar-refractivity contribution is 0.102. The number of amides is 1. The average Bonchev–Trinajstić information content (AvgIpc) is 2.34. The second-order valence-electron chi connectivity index (χ2n) is 3.26. The van der Waals surface area contributed by atoms with E-state index in [4.69, 9.17) is 23.2 Å². The zero-order valence-electron chi connectivity index (χ0n) is 8.82. The van der Waals surface area contributed by atoms with Crippen molar-refractivity contribution in [3.8, 4) is 0 Å². The Balaban J connectivity index is 2.30. The van der Waals surface area contributed by atoms with E-state index in [0.717, 1.165) is 3.57 Å². The van der Waals surface area contributed by atoms with Crippen LogP contribution in [0, 0.1) is 3.57 Å². The van der Waals surface area contributed by atoms with Gasteiger partial charge in [-0.25, -0.2) is 9.97 Å². The van der Waals surface area contributed by atoms with Crippen molar-refractivity contribution in [2.24, 2.45) is 0 Å². The summed E-state index contributed by atoms with van der Waals surface area (Å²) in [5.41, 5.74) is 0.750. The maximum atomic E-state index is 12.1. The molecule has 1 heterocycles. The van der Waals surface area contributed by atoms with Gasteiger partial charge in [0.05, 0.1) is 5.56 Å². The SMILES string of the molecule is O=C(Nc1c(Cl)ncnc1Cl)c1ccccc1I. The molecule has 2 aromatic rings. The van der Waals surface area contributed by atoms with Gasteiger partial charge in [-0.1, -0.05) is 35.3 Å². The summed E-state index contributed by atoms with van der Waals surface area (Å²) >= 11 is 13.8. The summed E-state index contributed by atoms with van der Waals surface area (Å²) in [4.78, 5) is 19.6. The van der Waals surface area contributed by atoms with E-state index in [1.807, 2.05) is 12.1 Å². The van der Waals surface area contributed by atoms with Crippen LogP contribution in [-0.4, -0.2) is 15.9 Å². The normalized spacial score (nSPS) is 10.2. The molecule has 4 nitrogen and oxygen atoms in total. The highest BCUT2D eigenvalue weighted by molar-refractivity contribution is 14.1. The molecule has 0 aliphatic carbocycles. The molecule has 1 aromatic carbocycles. The van der Waals surface area contributed by atoms with Gasteiger partial charge >= 0.3 is 0 Å². The van der Waals surface area contributed by atoms with Gasteiger partial charge in [-0.3, -0.25) is 4.79 Å². The molecule has 18 heavy (non-hydrogen) atoms. The number of nitrogens with zero attached hydrogens (tertiary/aromatic N) is 2. The molecule has 7 heteroatoms. The first-order valence-corrected chi connectivity index (χ1v) is 6.65. The molecule has 92 valence electrons. The van der Waals surface area contributed by atoms with Gasteiger partial charge in [0.15, 0.2) is 10.3 Å². The molecule has 0 bridgehead atoms. The lowest BCUT2D eigenvalue weighted by atomic mass is 10.2. The smallest absolute Gasteiger partial charge is 0.256 e. The highest BCUT2D eigenvalue weighted by Crippen LogP contribution is 2.26. The minimum atomic E-state index is -0.307. The molecule has 0 spiro atoms. The van der Waals surface area contributed by atoms with E-state index in [0.29, 0.717) is 5.56 Å². The third-order valence-electron chi connectivity index (χ3n) is 2.11. The standard InChI is InChI=1S/C11H6Cl2IN3O/c12-9-8(10(13)16-5-15-9)17-11(18)6-3-1-2-4-7(6)14/h1-5H,(H,17,18). The summed E-state index contributed by atoms with van der Waals surface area (Å²) in [5.74, 6) is -0.307. The highest BCUT2D eigenvalue weighted by Gasteiger charge is 2.14. The Morgan fingerprint density at radius 2 is 1.78 bits per heavy atom. The number of halogens is 3. The number of benzene rings is 1. The van der Waals surface area contributed by atoms with E-state index in [1.165, 1.54) is 6.33 Å². The third kappa shape index (κ3) is 2.90. The molecule has 1 amide bonds. The van der Waals surface area contributed by atoms with E-state index in [-0.39, 0.29) is 21.9 Å². The molecular weight excluding hydrogens is 388 g/mol. The Labute approximate surface area is 127 Å². The van der Waals surface area contributed by atoms with Gasteiger partial charge in [0.25, 0.3) is 5.91 Å². The van der Waals surface area contributed by atoms with Crippen LogP contribution in [0.4, 0.5) is 5.69 Å². The van der Waals surface area contributed by atoms with Crippen molar-refractivity contribution in [2.45, 2.75) is 0 Å². The number of hydrogen-bond donors (Lipinski definition) is 1. The van der Waals surface area contributed by atoms with Gasteiger partial charge in [0.1, 0.15) is 12.0 Å². The zero-order chi connectivity index (χ0) is 13.1. The van der Waals surface area contributed by atoms with Gasteiger partial charge in [0, 0.05) is 3.57 Å². The van der Waals surface area contributed by atoms with E-state index < -0.39 is 0 Å². The molecule has 0 saturated carbocycles. The molecule has 0 aliphatic heterocycles. The van der Waals surface area contributed by atoms with Crippen LogP contribution in [0.1, 0.15) is 10.4 Å². The number of nitrogens with one attached hydrogen (secondary N) is 1. The summed E-state index contributed by atoms with van der Waals surface area (Å²) in [6.07, 6.45) is 1.23. The summed E-state index contributed by atoms with van der Waals surface area (Å²) in [6.45, 7) is 0. The fraction of sp³-hybridized carbons (Fsp3) is 0. The Hall–Kier alpha value is -0.920. The van der Waals surface area contributed by atoms with Gasteiger partial charge in [-0.2, -0.15) is 0 Å². The fourth-order valence-corrected chi connectivity index (χ4v) is 2.32. The van der Waals surface area contributed by atoms with Crippen LogP contribution in [0.5, 0.6) is 0 Å². The predicted molar refractivity (Wildman–Crippen MR) is 79.2 cm³/mol. The van der Waals surface area contributed by atoms with Crippen molar-refractivity contribution in [1.29, 1.82) is 0 Å². The predicted octanol–water partition coefficient (Wildman–Crippen LogP) is 3.64. The van der Waals surface area contributed by atoms with E-state index in [2.05, 4.69) is 37.9 Å². The first-order chi connectivity index (χ1) is 8.59. The maximum Gasteiger partial charge on any atom is 0.256 e. The van der Waals surface area contributed by atoms with Crippen molar-refractivity contribution >= 4 is 57.4 Å². The van der Waals surface area contributed by atoms with Crippen molar-refractivity contribution in [3.05, 3.63) is 50.0 Å². The number of aromatic nitrogens is 2. The van der Waals surface area contributed by atoms with E-state index >= 15 is 0 Å². The van der Waals surface area contributed by atoms with Crippen molar-refractivity contribution in [2.75, 3.05) is 5.32 Å². The number of anilines is 1. The topological polar surface area (TPSA) is 54.9 Å². The minimum Gasteiger partial charge on any atom is -0.317 e. The molecule has 0 fully saturated rings. The minimum absolute atomic E-state index is 0.106. The first kappa shape index (κ1) is 13.5. The molecular formula is C11H6Cl2IN3O. The lowest BCUT2D eigenvalue weighted by Gasteiger charge is -2.08. The van der Waals surface area contributed by atoms with Gasteiger partial charge in [0.2, 0.25) is 0 Å². The second-order valence-corrected chi connectivity index (χ2v) is 5.14. The monoisotopic (exact) mass is 393 g/mol. The number of rotatable bonds is 2. The molecule has 0 aliphatic rings. The molecule has 0 saturated heterocycles. The summed E-state index contributed by atoms with van der Waals surface area (Å²) in [6, 6.07) is 7.18. The average molecular weight is 394 g/mol. The summed E-state index contributed by atoms with van der Waals surface area (Å²) in [7, 11) is 0. The molecule has 1 N–H and O–H groups in total. The van der Waals surface area contributed by atoms with Gasteiger partial charge in [-0.15, -0.1) is 0 Å². The molecule has 0 unspecified atom stereocenters. The van der Waals surface area contributed by atoms with Crippen molar-refractivity contribution < 1.29 is 4.79 Å². The quantitative estimate of drug-likeness (QED) is 0.626. The van der Waals surface area contributed by atoms with Gasteiger partial charge < -0.3 is 5.32 Å². The van der Waals surface area contributed by atoms with Crippen molar-refractivity contribution in [1.82, 2.24) is 9.97 Å². The third-order valence-corrected chi connectivity index (χ3v) is 3.63. The Morgan fingerprint density at radius 3 is 2.39 bits per heavy atom. The van der Waals surface area contributed by atoms with Crippen LogP contribution in [-0.2, 0) is 0 Å². The summed E-state index contributed by atoms with van der Waals surface area (Å²) in [5, 5.41) is 2.81. The van der Waals surface area contributed by atoms with Crippen LogP contribution in [0.15, 0.2) is 30.6 Å². The molecule has 0 radical (unpaired) electrons. The summed E-state index contributed by atoms with van der Waals surface area (Å²) < 4.78 is 0.830. The zero-order valence-corrected chi connectivity index (χ0v) is 12.5. The molecule has 1 aromatic heterocycles. The fourth-order valence-electron chi connectivity index (χ4n) is 1.27. The second kappa shape index (κ2) is 5.81. The highest BCUT2D eigenvalue weighted by atomic mass is 127. The van der Waals surface area contributed by atoms with Crippen LogP contribution in [0.25, 0.3) is 0 Å². The van der Waals surface area contributed by atoms with E-state index in [9.17, 15) is 4.79 Å². The first-order valence-electron chi connectivity index (χ1n) is 4.81. The van der Waals surface area contributed by atoms with E-state index in [1.54, 1.807) is 12.1 Å². The number of hydrogen-bond acceptors (Lipinski definition) is 3. The van der Waals surface area contributed by atoms with Crippen molar-refractivity contribution in [3.63, 3.8) is 0 Å².